The molecule has 0 aromatic carbocycles. The largest absolute Gasteiger partial charge is 0.468 e. The first-order valence-electron chi connectivity index (χ1n) is 7.11. The van der Waals surface area contributed by atoms with E-state index in [-0.39, 0.29) is 0 Å². The second-order valence-corrected chi connectivity index (χ2v) is 4.81. The summed E-state index contributed by atoms with van der Waals surface area (Å²) in [7, 11) is 0. The van der Waals surface area contributed by atoms with Crippen molar-refractivity contribution in [2.24, 2.45) is 0 Å². The van der Waals surface area contributed by atoms with Crippen molar-refractivity contribution in [2.75, 3.05) is 6.54 Å². The summed E-state index contributed by atoms with van der Waals surface area (Å²) >= 11 is 0. The van der Waals surface area contributed by atoms with Gasteiger partial charge in [-0.1, -0.05) is 45.4 Å². The molecule has 0 saturated carbocycles. The summed E-state index contributed by atoms with van der Waals surface area (Å²) in [5.41, 5.74) is 0. The summed E-state index contributed by atoms with van der Waals surface area (Å²) in [6.45, 7) is 5.51. The minimum atomic E-state index is 0.338. The number of rotatable bonds is 10. The van der Waals surface area contributed by atoms with Gasteiger partial charge in [0.05, 0.1) is 12.3 Å². The van der Waals surface area contributed by atoms with Crippen molar-refractivity contribution in [3.63, 3.8) is 0 Å². The van der Waals surface area contributed by atoms with E-state index in [2.05, 4.69) is 19.2 Å². The van der Waals surface area contributed by atoms with Gasteiger partial charge >= 0.3 is 0 Å². The van der Waals surface area contributed by atoms with Gasteiger partial charge in [-0.05, 0) is 32.0 Å². The number of nitrogens with one attached hydrogen (secondary N) is 1. The second kappa shape index (κ2) is 9.29. The zero-order valence-electron chi connectivity index (χ0n) is 11.4. The number of hydrogen-bond donors (Lipinski definition) is 1. The molecule has 0 radical (unpaired) electrons. The molecule has 0 aliphatic rings. The summed E-state index contributed by atoms with van der Waals surface area (Å²) in [5.74, 6) is 1.04. The summed E-state index contributed by atoms with van der Waals surface area (Å²) in [6, 6.07) is 4.31. The lowest BCUT2D eigenvalue weighted by molar-refractivity contribution is 0.425. The van der Waals surface area contributed by atoms with Gasteiger partial charge in [0.25, 0.3) is 0 Å². The van der Waals surface area contributed by atoms with E-state index in [4.69, 9.17) is 4.42 Å². The maximum Gasteiger partial charge on any atom is 0.120 e. The van der Waals surface area contributed by atoms with Crippen molar-refractivity contribution in [3.8, 4) is 0 Å². The van der Waals surface area contributed by atoms with Crippen LogP contribution in [0.3, 0.4) is 0 Å². The van der Waals surface area contributed by atoms with E-state index in [1.54, 1.807) is 6.26 Å². The highest BCUT2D eigenvalue weighted by atomic mass is 16.3. The SMILES string of the molecule is CCCCCCCCCN[C@H](C)c1ccco1. The summed E-state index contributed by atoms with van der Waals surface area (Å²) in [4.78, 5) is 0. The molecule has 1 N–H and O–H groups in total. The van der Waals surface area contributed by atoms with Crippen molar-refractivity contribution in [1.82, 2.24) is 5.32 Å². The normalized spacial score (nSPS) is 12.8. The molecule has 0 aliphatic heterocycles. The predicted octanol–water partition coefficient (Wildman–Crippen LogP) is 4.68. The Labute approximate surface area is 106 Å². The fourth-order valence-corrected chi connectivity index (χ4v) is 2.04. The average molecular weight is 237 g/mol. The van der Waals surface area contributed by atoms with E-state index in [0.29, 0.717) is 6.04 Å². The molecule has 0 spiro atoms. The van der Waals surface area contributed by atoms with Crippen molar-refractivity contribution >= 4 is 0 Å². The first-order valence-corrected chi connectivity index (χ1v) is 7.11. The Bertz CT molecular complexity index is 256. The van der Waals surface area contributed by atoms with Gasteiger partial charge in [-0.2, -0.15) is 0 Å². The zero-order valence-corrected chi connectivity index (χ0v) is 11.4. The van der Waals surface area contributed by atoms with E-state index in [9.17, 15) is 0 Å². The van der Waals surface area contributed by atoms with Crippen molar-refractivity contribution in [1.29, 1.82) is 0 Å². The van der Waals surface area contributed by atoms with Crippen molar-refractivity contribution in [2.45, 2.75) is 64.8 Å². The van der Waals surface area contributed by atoms with Gasteiger partial charge in [-0.3, -0.25) is 0 Å². The maximum absolute atomic E-state index is 5.36. The van der Waals surface area contributed by atoms with E-state index in [1.807, 2.05) is 12.1 Å². The first kappa shape index (κ1) is 14.3. The van der Waals surface area contributed by atoms with Crippen LogP contribution in [-0.4, -0.2) is 6.54 Å². The molecule has 0 amide bonds. The molecule has 0 bridgehead atoms. The minimum absolute atomic E-state index is 0.338. The van der Waals surface area contributed by atoms with Crippen LogP contribution in [0.4, 0.5) is 0 Å². The molecule has 1 rings (SSSR count). The van der Waals surface area contributed by atoms with Gasteiger partial charge in [-0.15, -0.1) is 0 Å². The monoisotopic (exact) mass is 237 g/mol. The van der Waals surface area contributed by atoms with Crippen LogP contribution >= 0.6 is 0 Å². The molecule has 98 valence electrons. The van der Waals surface area contributed by atoms with Crippen molar-refractivity contribution in [3.05, 3.63) is 24.2 Å². The molecule has 0 aliphatic carbocycles. The smallest absolute Gasteiger partial charge is 0.120 e. The Hall–Kier alpha value is -0.760. The molecule has 1 aromatic rings. The van der Waals surface area contributed by atoms with Crippen LogP contribution in [0.1, 0.15) is 70.6 Å². The molecule has 2 heteroatoms. The highest BCUT2D eigenvalue weighted by Crippen LogP contribution is 2.12. The third kappa shape index (κ3) is 6.52. The highest BCUT2D eigenvalue weighted by Gasteiger charge is 2.05. The van der Waals surface area contributed by atoms with Crippen LogP contribution < -0.4 is 5.32 Å². The molecule has 0 unspecified atom stereocenters. The lowest BCUT2D eigenvalue weighted by Crippen LogP contribution is -2.19. The molecular formula is C15H27NO. The quantitative estimate of drug-likeness (QED) is 0.598. The molecule has 17 heavy (non-hydrogen) atoms. The predicted molar refractivity (Wildman–Crippen MR) is 73.1 cm³/mol. The first-order chi connectivity index (χ1) is 8.34. The van der Waals surface area contributed by atoms with Gasteiger partial charge < -0.3 is 9.73 Å². The highest BCUT2D eigenvalue weighted by molar-refractivity contribution is 5.02. The Kier molecular flexibility index (Phi) is 7.81. The maximum atomic E-state index is 5.36. The van der Waals surface area contributed by atoms with Gasteiger partial charge in [0, 0.05) is 0 Å². The van der Waals surface area contributed by atoms with E-state index in [0.717, 1.165) is 12.3 Å². The third-order valence-electron chi connectivity index (χ3n) is 3.20. The summed E-state index contributed by atoms with van der Waals surface area (Å²) in [6.07, 6.45) is 11.3. The van der Waals surface area contributed by atoms with Gasteiger partial charge in [0.15, 0.2) is 0 Å². The van der Waals surface area contributed by atoms with Crippen molar-refractivity contribution < 1.29 is 4.42 Å². The number of unbranched alkanes of at least 4 members (excludes halogenated alkanes) is 6. The molecule has 1 aromatic heterocycles. The van der Waals surface area contributed by atoms with Crippen LogP contribution in [-0.2, 0) is 0 Å². The fraction of sp³-hybridized carbons (Fsp3) is 0.733. The Morgan fingerprint density at radius 1 is 1.12 bits per heavy atom. The van der Waals surface area contributed by atoms with Crippen LogP contribution in [0.25, 0.3) is 0 Å². The van der Waals surface area contributed by atoms with Crippen LogP contribution in [0.15, 0.2) is 22.8 Å². The van der Waals surface area contributed by atoms with Gasteiger partial charge in [-0.25, -0.2) is 0 Å². The Morgan fingerprint density at radius 3 is 2.47 bits per heavy atom. The lowest BCUT2D eigenvalue weighted by atomic mass is 10.1. The van der Waals surface area contributed by atoms with Gasteiger partial charge in [0.1, 0.15) is 5.76 Å². The molecule has 1 heterocycles. The second-order valence-electron chi connectivity index (χ2n) is 4.81. The zero-order chi connectivity index (χ0) is 12.3. The van der Waals surface area contributed by atoms with Gasteiger partial charge in [0.2, 0.25) is 0 Å². The number of furan rings is 1. The minimum Gasteiger partial charge on any atom is -0.468 e. The van der Waals surface area contributed by atoms with Crippen LogP contribution in [0, 0.1) is 0 Å². The van der Waals surface area contributed by atoms with Crippen LogP contribution in [0.5, 0.6) is 0 Å². The average Bonchev–Trinajstić information content (AvgIpc) is 2.86. The molecule has 0 saturated heterocycles. The molecule has 1 atom stereocenters. The van der Waals surface area contributed by atoms with E-state index >= 15 is 0 Å². The summed E-state index contributed by atoms with van der Waals surface area (Å²) in [5, 5.41) is 3.49. The Morgan fingerprint density at radius 2 is 1.82 bits per heavy atom. The molecular weight excluding hydrogens is 210 g/mol. The fourth-order valence-electron chi connectivity index (χ4n) is 2.04. The molecule has 0 fully saturated rings. The van der Waals surface area contributed by atoms with E-state index < -0.39 is 0 Å². The number of hydrogen-bond acceptors (Lipinski definition) is 2. The molecule has 2 nitrogen and oxygen atoms in total. The standard InChI is InChI=1S/C15H27NO/c1-3-4-5-6-7-8-9-12-16-14(2)15-11-10-13-17-15/h10-11,13-14,16H,3-9,12H2,1-2H3/t14-/m1/s1. The van der Waals surface area contributed by atoms with E-state index in [1.165, 1.54) is 44.9 Å². The lowest BCUT2D eigenvalue weighted by Gasteiger charge is -2.10. The van der Waals surface area contributed by atoms with Crippen LogP contribution in [0.2, 0.25) is 0 Å². The third-order valence-corrected chi connectivity index (χ3v) is 3.20. The topological polar surface area (TPSA) is 25.2 Å². The summed E-state index contributed by atoms with van der Waals surface area (Å²) < 4.78 is 5.36. The Balaban J connectivity index is 1.90.